The Balaban J connectivity index is 1.64. The fraction of sp³-hybridized carbons (Fsp3) is 0.391. The van der Waals surface area contributed by atoms with E-state index in [1.807, 2.05) is 30.3 Å². The summed E-state index contributed by atoms with van der Waals surface area (Å²) >= 11 is 0. The zero-order valence-corrected chi connectivity index (χ0v) is 17.5. The van der Waals surface area contributed by atoms with Gasteiger partial charge in [0.05, 0.1) is 12.2 Å². The third-order valence-corrected chi connectivity index (χ3v) is 6.34. The van der Waals surface area contributed by atoms with Crippen molar-refractivity contribution in [3.8, 4) is 11.1 Å². The molecule has 1 fully saturated rings. The van der Waals surface area contributed by atoms with Crippen molar-refractivity contribution in [2.75, 3.05) is 10.2 Å². The fourth-order valence-corrected chi connectivity index (χ4v) is 4.81. The number of hydrogen-bond acceptors (Lipinski definition) is 5. The number of fused-ring (bicyclic) bond motifs is 1. The molecule has 3 aromatic rings. The summed E-state index contributed by atoms with van der Waals surface area (Å²) in [6, 6.07) is 8.40. The lowest BCUT2D eigenvalue weighted by molar-refractivity contribution is -0.117. The van der Waals surface area contributed by atoms with E-state index in [-0.39, 0.29) is 23.9 Å². The molecule has 5 rings (SSSR count). The number of H-pyrrole nitrogens is 1. The van der Waals surface area contributed by atoms with E-state index in [0.29, 0.717) is 11.9 Å². The van der Waals surface area contributed by atoms with E-state index >= 15 is 0 Å². The summed E-state index contributed by atoms with van der Waals surface area (Å²) in [6.07, 6.45) is 7.83. The highest BCUT2D eigenvalue weighted by Gasteiger charge is 2.47. The molecule has 0 radical (unpaired) electrons. The maximum atomic E-state index is 12.7. The first-order valence-corrected chi connectivity index (χ1v) is 10.5. The van der Waals surface area contributed by atoms with E-state index in [2.05, 4.69) is 50.6 Å². The molecule has 1 amide bonds. The minimum atomic E-state index is 0.00912. The summed E-state index contributed by atoms with van der Waals surface area (Å²) in [6.45, 7) is 5.87. The first-order chi connectivity index (χ1) is 14.5. The zero-order valence-electron chi connectivity index (χ0n) is 17.5. The SMILES string of the molecule is CC(=O)N1c2ccc(-c3cn[nH]c3)cc2[C@H](Nc2nccc(C)n2)[C@@H](C)[C@@H]1C1CC1. The van der Waals surface area contributed by atoms with Crippen LogP contribution in [0.25, 0.3) is 11.1 Å². The highest BCUT2D eigenvalue weighted by atomic mass is 16.2. The summed E-state index contributed by atoms with van der Waals surface area (Å²) in [5.74, 6) is 1.49. The molecule has 0 saturated heterocycles. The standard InChI is InChI=1S/C23H26N6O/c1-13-8-9-24-23(27-13)28-21-14(2)22(16-4-5-16)29(15(3)30)20-7-6-17(10-19(20)21)18-11-25-26-12-18/h6-12,14,16,21-22H,4-5H2,1-3H3,(H,25,26)(H,24,27,28)/t14-,21-,22-/m1/s1. The first kappa shape index (κ1) is 18.8. The Morgan fingerprint density at radius 2 is 2.07 bits per heavy atom. The number of carbonyl (C=O) groups excluding carboxylic acids is 1. The molecule has 2 aromatic heterocycles. The maximum Gasteiger partial charge on any atom is 0.224 e. The average molecular weight is 403 g/mol. The lowest BCUT2D eigenvalue weighted by Gasteiger charge is -2.45. The fourth-order valence-electron chi connectivity index (χ4n) is 4.81. The van der Waals surface area contributed by atoms with E-state index in [1.165, 1.54) is 12.8 Å². The second-order valence-corrected chi connectivity index (χ2v) is 8.48. The Bertz CT molecular complexity index is 1080. The van der Waals surface area contributed by atoms with E-state index in [0.717, 1.165) is 28.1 Å². The van der Waals surface area contributed by atoms with Gasteiger partial charge >= 0.3 is 0 Å². The second-order valence-electron chi connectivity index (χ2n) is 8.48. The van der Waals surface area contributed by atoms with E-state index < -0.39 is 0 Å². The second kappa shape index (κ2) is 7.23. The van der Waals surface area contributed by atoms with Gasteiger partial charge in [0.2, 0.25) is 11.9 Å². The lowest BCUT2D eigenvalue weighted by atomic mass is 9.79. The summed E-state index contributed by atoms with van der Waals surface area (Å²) in [5.41, 5.74) is 5.09. The van der Waals surface area contributed by atoms with Crippen molar-refractivity contribution in [1.82, 2.24) is 20.2 Å². The van der Waals surface area contributed by atoms with Crippen molar-refractivity contribution in [3.05, 3.63) is 54.1 Å². The van der Waals surface area contributed by atoms with Crippen LogP contribution >= 0.6 is 0 Å². The van der Waals surface area contributed by atoms with Crippen LogP contribution < -0.4 is 10.2 Å². The first-order valence-electron chi connectivity index (χ1n) is 10.5. The molecule has 154 valence electrons. The monoisotopic (exact) mass is 402 g/mol. The summed E-state index contributed by atoms with van der Waals surface area (Å²) in [7, 11) is 0. The number of rotatable bonds is 4. The van der Waals surface area contributed by atoms with Crippen molar-refractivity contribution in [1.29, 1.82) is 0 Å². The number of aryl methyl sites for hydroxylation is 1. The molecule has 30 heavy (non-hydrogen) atoms. The number of nitrogens with one attached hydrogen (secondary N) is 2. The van der Waals surface area contributed by atoms with Crippen molar-refractivity contribution in [3.63, 3.8) is 0 Å². The van der Waals surface area contributed by atoms with Gasteiger partial charge in [0, 0.05) is 48.2 Å². The molecule has 1 saturated carbocycles. The summed E-state index contributed by atoms with van der Waals surface area (Å²) < 4.78 is 0. The van der Waals surface area contributed by atoms with Crippen LogP contribution in [0.1, 0.15) is 44.0 Å². The quantitative estimate of drug-likeness (QED) is 0.686. The molecule has 3 atom stereocenters. The van der Waals surface area contributed by atoms with E-state index in [9.17, 15) is 4.79 Å². The van der Waals surface area contributed by atoms with Gasteiger partial charge < -0.3 is 10.2 Å². The molecule has 1 aliphatic carbocycles. The number of hydrogen-bond donors (Lipinski definition) is 2. The minimum absolute atomic E-state index is 0.00912. The Morgan fingerprint density at radius 3 is 2.73 bits per heavy atom. The molecule has 2 N–H and O–H groups in total. The zero-order chi connectivity index (χ0) is 20.8. The van der Waals surface area contributed by atoms with Gasteiger partial charge in [-0.25, -0.2) is 9.97 Å². The van der Waals surface area contributed by atoms with E-state index in [4.69, 9.17) is 0 Å². The van der Waals surface area contributed by atoms with Crippen LogP contribution in [-0.2, 0) is 4.79 Å². The van der Waals surface area contributed by atoms with Gasteiger partial charge in [-0.1, -0.05) is 13.0 Å². The Kier molecular flexibility index (Phi) is 4.53. The maximum absolute atomic E-state index is 12.7. The van der Waals surface area contributed by atoms with E-state index in [1.54, 1.807) is 13.1 Å². The molecule has 0 unspecified atom stereocenters. The molecule has 7 heteroatoms. The summed E-state index contributed by atoms with van der Waals surface area (Å²) in [4.78, 5) is 23.8. The number of carbonyl (C=O) groups is 1. The van der Waals surface area contributed by atoms with Gasteiger partial charge in [-0.2, -0.15) is 5.10 Å². The van der Waals surface area contributed by atoms with Crippen LogP contribution in [0.4, 0.5) is 11.6 Å². The van der Waals surface area contributed by atoms with Gasteiger partial charge in [-0.15, -0.1) is 0 Å². The largest absolute Gasteiger partial charge is 0.347 e. The number of aromatic nitrogens is 4. The molecule has 0 spiro atoms. The van der Waals surface area contributed by atoms with Crippen LogP contribution in [0, 0.1) is 18.8 Å². The topological polar surface area (TPSA) is 86.8 Å². The lowest BCUT2D eigenvalue weighted by Crippen LogP contribution is -2.51. The predicted octanol–water partition coefficient (Wildman–Crippen LogP) is 4.11. The summed E-state index contributed by atoms with van der Waals surface area (Å²) in [5, 5.41) is 10.6. The minimum Gasteiger partial charge on any atom is -0.347 e. The molecule has 0 bridgehead atoms. The Hall–Kier alpha value is -3.22. The molecular weight excluding hydrogens is 376 g/mol. The number of anilines is 2. The number of benzene rings is 1. The number of nitrogens with zero attached hydrogens (tertiary/aromatic N) is 4. The van der Waals surface area contributed by atoms with Crippen molar-refractivity contribution in [2.45, 2.75) is 45.7 Å². The molecule has 1 aromatic carbocycles. The molecule has 3 heterocycles. The van der Waals surface area contributed by atoms with Crippen LogP contribution in [0.5, 0.6) is 0 Å². The predicted molar refractivity (Wildman–Crippen MR) is 116 cm³/mol. The van der Waals surface area contributed by atoms with Gasteiger partial charge in [0.25, 0.3) is 0 Å². The molecule has 1 aliphatic heterocycles. The van der Waals surface area contributed by atoms with Gasteiger partial charge in [0.1, 0.15) is 0 Å². The normalized spacial score (nSPS) is 23.2. The van der Waals surface area contributed by atoms with Crippen molar-refractivity contribution in [2.24, 2.45) is 11.8 Å². The third kappa shape index (κ3) is 3.24. The Labute approximate surface area is 175 Å². The molecule has 2 aliphatic rings. The van der Waals surface area contributed by atoms with Gasteiger partial charge in [0.15, 0.2) is 0 Å². The highest BCUT2D eigenvalue weighted by molar-refractivity contribution is 5.94. The number of amides is 1. The van der Waals surface area contributed by atoms with Gasteiger partial charge in [-0.3, -0.25) is 9.89 Å². The third-order valence-electron chi connectivity index (χ3n) is 6.34. The smallest absolute Gasteiger partial charge is 0.224 e. The van der Waals surface area contributed by atoms with Crippen LogP contribution in [0.2, 0.25) is 0 Å². The average Bonchev–Trinajstić information content (AvgIpc) is 3.41. The number of aromatic amines is 1. The molecular formula is C23H26N6O. The van der Waals surface area contributed by atoms with Gasteiger partial charge in [-0.05, 0) is 55.0 Å². The Morgan fingerprint density at radius 1 is 1.23 bits per heavy atom. The van der Waals surface area contributed by atoms with Crippen LogP contribution in [0.3, 0.4) is 0 Å². The van der Waals surface area contributed by atoms with Crippen LogP contribution in [0.15, 0.2) is 42.9 Å². The highest BCUT2D eigenvalue weighted by Crippen LogP contribution is 2.50. The van der Waals surface area contributed by atoms with Crippen LogP contribution in [-0.4, -0.2) is 32.1 Å². The van der Waals surface area contributed by atoms with Crippen molar-refractivity contribution < 1.29 is 4.79 Å². The van der Waals surface area contributed by atoms with Crippen molar-refractivity contribution >= 4 is 17.5 Å². The molecule has 7 nitrogen and oxygen atoms in total.